The monoisotopic (exact) mass is 284 g/mol. The van der Waals surface area contributed by atoms with Crippen molar-refractivity contribution in [3.63, 3.8) is 0 Å². The molecule has 0 saturated heterocycles. The van der Waals surface area contributed by atoms with E-state index < -0.39 is 0 Å². The van der Waals surface area contributed by atoms with Gasteiger partial charge in [0.15, 0.2) is 0 Å². The molecule has 0 aliphatic rings. The van der Waals surface area contributed by atoms with E-state index in [9.17, 15) is 0 Å². The van der Waals surface area contributed by atoms with E-state index in [0.29, 0.717) is 0 Å². The molecule has 21 heavy (non-hydrogen) atoms. The molecule has 0 unspecified atom stereocenters. The molecular formula is C17H24N4. The van der Waals surface area contributed by atoms with Gasteiger partial charge in [-0.25, -0.2) is 4.98 Å². The summed E-state index contributed by atoms with van der Waals surface area (Å²) in [5, 5.41) is 3.46. The molecule has 0 bridgehead atoms. The molecule has 2 heterocycles. The van der Waals surface area contributed by atoms with Crippen LogP contribution in [0.25, 0.3) is 0 Å². The van der Waals surface area contributed by atoms with Gasteiger partial charge in [0.05, 0.1) is 5.69 Å². The zero-order valence-electron chi connectivity index (χ0n) is 13.1. The van der Waals surface area contributed by atoms with Crippen LogP contribution in [0.5, 0.6) is 0 Å². The van der Waals surface area contributed by atoms with Gasteiger partial charge in [-0.1, -0.05) is 12.1 Å². The molecule has 1 N–H and O–H groups in total. The van der Waals surface area contributed by atoms with Crippen LogP contribution >= 0.6 is 0 Å². The predicted molar refractivity (Wildman–Crippen MR) is 87.3 cm³/mol. The van der Waals surface area contributed by atoms with Crippen molar-refractivity contribution in [3.8, 4) is 0 Å². The first kappa shape index (κ1) is 15.4. The maximum absolute atomic E-state index is 4.53. The van der Waals surface area contributed by atoms with Crippen molar-refractivity contribution in [2.75, 3.05) is 18.0 Å². The summed E-state index contributed by atoms with van der Waals surface area (Å²) in [5.41, 5.74) is 3.36. The number of hydrogen-bond acceptors (Lipinski definition) is 4. The minimum Gasteiger partial charge on any atom is -0.357 e. The molecule has 2 aromatic rings. The Morgan fingerprint density at radius 2 is 1.86 bits per heavy atom. The Hall–Kier alpha value is -1.94. The van der Waals surface area contributed by atoms with E-state index in [0.717, 1.165) is 43.4 Å². The Balaban J connectivity index is 2.00. The number of aromatic nitrogens is 2. The van der Waals surface area contributed by atoms with E-state index in [2.05, 4.69) is 46.2 Å². The van der Waals surface area contributed by atoms with Crippen molar-refractivity contribution in [3.05, 3.63) is 53.5 Å². The van der Waals surface area contributed by atoms with Crippen LogP contribution in [0, 0.1) is 6.92 Å². The highest BCUT2D eigenvalue weighted by Gasteiger charge is 2.08. The third kappa shape index (κ3) is 4.26. The van der Waals surface area contributed by atoms with Gasteiger partial charge in [0.1, 0.15) is 5.82 Å². The molecular weight excluding hydrogens is 260 g/mol. The molecule has 4 nitrogen and oxygen atoms in total. The Morgan fingerprint density at radius 3 is 2.57 bits per heavy atom. The third-order valence-corrected chi connectivity index (χ3v) is 3.50. The maximum atomic E-state index is 4.53. The molecule has 0 aromatic carbocycles. The Kier molecular flexibility index (Phi) is 5.69. The summed E-state index contributed by atoms with van der Waals surface area (Å²) in [4.78, 5) is 11.3. The molecule has 4 heteroatoms. The van der Waals surface area contributed by atoms with Gasteiger partial charge < -0.3 is 10.2 Å². The van der Waals surface area contributed by atoms with Crippen LogP contribution in [0.15, 0.2) is 36.5 Å². The van der Waals surface area contributed by atoms with Gasteiger partial charge in [0, 0.05) is 43.6 Å². The highest BCUT2D eigenvalue weighted by atomic mass is 15.2. The maximum Gasteiger partial charge on any atom is 0.132 e. The molecule has 0 aliphatic heterocycles. The summed E-state index contributed by atoms with van der Waals surface area (Å²) in [6.07, 6.45) is 1.86. The lowest BCUT2D eigenvalue weighted by Gasteiger charge is -2.22. The highest BCUT2D eigenvalue weighted by Crippen LogP contribution is 2.16. The molecule has 0 saturated carbocycles. The smallest absolute Gasteiger partial charge is 0.132 e. The number of anilines is 1. The van der Waals surface area contributed by atoms with E-state index in [1.54, 1.807) is 0 Å². The van der Waals surface area contributed by atoms with E-state index in [1.165, 1.54) is 5.56 Å². The largest absolute Gasteiger partial charge is 0.357 e. The first-order chi connectivity index (χ1) is 10.2. The van der Waals surface area contributed by atoms with Gasteiger partial charge in [-0.05, 0) is 39.0 Å². The lowest BCUT2D eigenvalue weighted by Crippen LogP contribution is -2.25. The Morgan fingerprint density at radius 1 is 1.05 bits per heavy atom. The van der Waals surface area contributed by atoms with Gasteiger partial charge in [-0.2, -0.15) is 0 Å². The second kappa shape index (κ2) is 7.74. The van der Waals surface area contributed by atoms with Crippen LogP contribution in [-0.4, -0.2) is 23.1 Å². The number of nitrogens with zero attached hydrogens (tertiary/aromatic N) is 3. The molecule has 0 atom stereocenters. The van der Waals surface area contributed by atoms with Gasteiger partial charge in [0.25, 0.3) is 0 Å². The quantitative estimate of drug-likeness (QED) is 0.849. The molecule has 112 valence electrons. The third-order valence-electron chi connectivity index (χ3n) is 3.50. The van der Waals surface area contributed by atoms with Crippen LogP contribution in [0.2, 0.25) is 0 Å². The van der Waals surface area contributed by atoms with Crippen LogP contribution in [0.1, 0.15) is 30.8 Å². The minimum atomic E-state index is 0.772. The molecule has 2 rings (SSSR count). The molecule has 0 spiro atoms. The van der Waals surface area contributed by atoms with Crippen molar-refractivity contribution < 1.29 is 0 Å². The highest BCUT2D eigenvalue weighted by molar-refractivity contribution is 5.46. The minimum absolute atomic E-state index is 0.772. The van der Waals surface area contributed by atoms with Crippen LogP contribution in [0.3, 0.4) is 0 Å². The fraction of sp³-hybridized carbons (Fsp3) is 0.412. The van der Waals surface area contributed by atoms with Crippen LogP contribution in [0.4, 0.5) is 5.82 Å². The normalized spacial score (nSPS) is 10.6. The molecule has 0 aliphatic carbocycles. The van der Waals surface area contributed by atoms with Gasteiger partial charge >= 0.3 is 0 Å². The molecule has 0 radical (unpaired) electrons. The van der Waals surface area contributed by atoms with Crippen molar-refractivity contribution in [2.45, 2.75) is 33.9 Å². The van der Waals surface area contributed by atoms with E-state index in [4.69, 9.17) is 0 Å². The summed E-state index contributed by atoms with van der Waals surface area (Å²) in [5.74, 6) is 1.08. The second-order valence-electron chi connectivity index (χ2n) is 5.03. The number of nitrogens with one attached hydrogen (secondary N) is 1. The van der Waals surface area contributed by atoms with Crippen LogP contribution < -0.4 is 10.2 Å². The van der Waals surface area contributed by atoms with Crippen molar-refractivity contribution >= 4 is 5.82 Å². The lowest BCUT2D eigenvalue weighted by atomic mass is 10.2. The van der Waals surface area contributed by atoms with Crippen molar-refractivity contribution in [1.29, 1.82) is 0 Å². The zero-order valence-corrected chi connectivity index (χ0v) is 13.1. The van der Waals surface area contributed by atoms with Crippen molar-refractivity contribution in [2.24, 2.45) is 0 Å². The average Bonchev–Trinajstić information content (AvgIpc) is 2.50. The topological polar surface area (TPSA) is 41.1 Å². The van der Waals surface area contributed by atoms with E-state index in [-0.39, 0.29) is 0 Å². The summed E-state index contributed by atoms with van der Waals surface area (Å²) in [6, 6.07) is 10.2. The summed E-state index contributed by atoms with van der Waals surface area (Å²) >= 11 is 0. The standard InChI is InChI=1S/C17H24N4/c1-4-21(5-2)17-15(9-7-11-19-17)12-18-13-16-10-6-8-14(3)20-16/h6-11,18H,4-5,12-13H2,1-3H3. The summed E-state index contributed by atoms with van der Waals surface area (Å²) in [6.45, 7) is 9.85. The average molecular weight is 284 g/mol. The zero-order chi connectivity index (χ0) is 15.1. The van der Waals surface area contributed by atoms with Crippen molar-refractivity contribution in [1.82, 2.24) is 15.3 Å². The lowest BCUT2D eigenvalue weighted by molar-refractivity contribution is 0.672. The SMILES string of the molecule is CCN(CC)c1ncccc1CNCc1cccc(C)n1. The second-order valence-corrected chi connectivity index (χ2v) is 5.03. The molecule has 0 fully saturated rings. The molecule has 2 aromatic heterocycles. The van der Waals surface area contributed by atoms with E-state index in [1.807, 2.05) is 31.3 Å². The van der Waals surface area contributed by atoms with Gasteiger partial charge in [0.2, 0.25) is 0 Å². The van der Waals surface area contributed by atoms with Crippen LogP contribution in [-0.2, 0) is 13.1 Å². The predicted octanol–water partition coefficient (Wildman–Crippen LogP) is 2.92. The molecule has 0 amide bonds. The first-order valence-electron chi connectivity index (χ1n) is 7.56. The fourth-order valence-electron chi connectivity index (χ4n) is 2.40. The number of rotatable bonds is 7. The Labute approximate surface area is 127 Å². The van der Waals surface area contributed by atoms with Gasteiger partial charge in [-0.15, -0.1) is 0 Å². The number of hydrogen-bond donors (Lipinski definition) is 1. The number of pyridine rings is 2. The summed E-state index contributed by atoms with van der Waals surface area (Å²) in [7, 11) is 0. The first-order valence-corrected chi connectivity index (χ1v) is 7.56. The van der Waals surface area contributed by atoms with E-state index >= 15 is 0 Å². The summed E-state index contributed by atoms with van der Waals surface area (Å²) < 4.78 is 0. The number of aryl methyl sites for hydroxylation is 1. The van der Waals surface area contributed by atoms with Gasteiger partial charge in [-0.3, -0.25) is 4.98 Å². The fourth-order valence-corrected chi connectivity index (χ4v) is 2.40. The Bertz CT molecular complexity index is 564.